The third-order valence-electron chi connectivity index (χ3n) is 4.69. The fourth-order valence-corrected chi connectivity index (χ4v) is 3.25. The molecule has 3 aromatic rings. The number of aryl methyl sites for hydroxylation is 1. The Balaban J connectivity index is 1.65. The highest BCUT2D eigenvalue weighted by molar-refractivity contribution is 6.04. The van der Waals surface area contributed by atoms with Crippen LogP contribution in [0.1, 0.15) is 23.5 Å². The average Bonchev–Trinajstić information content (AvgIpc) is 2.70. The number of benzene rings is 2. The third-order valence-corrected chi connectivity index (χ3v) is 4.69. The number of nitrogens with zero attached hydrogens (tertiary/aromatic N) is 1. The lowest BCUT2D eigenvalue weighted by Gasteiger charge is -2.23. The van der Waals surface area contributed by atoms with E-state index in [2.05, 4.69) is 25.9 Å². The molecule has 4 rings (SSSR count). The second kappa shape index (κ2) is 7.78. The minimum Gasteiger partial charge on any atom is -0.326 e. The summed E-state index contributed by atoms with van der Waals surface area (Å²) >= 11 is 0. The summed E-state index contributed by atoms with van der Waals surface area (Å²) in [7, 11) is 0. The maximum absolute atomic E-state index is 14.1. The summed E-state index contributed by atoms with van der Waals surface area (Å²) < 4.78 is 14.1. The van der Waals surface area contributed by atoms with Crippen LogP contribution in [0.25, 0.3) is 0 Å². The van der Waals surface area contributed by atoms with Gasteiger partial charge in [0.25, 0.3) is 5.56 Å². The van der Waals surface area contributed by atoms with Crippen molar-refractivity contribution in [2.45, 2.75) is 19.3 Å². The fraction of sp³-hybridized carbons (Fsp3) is 0.143. The molecular weight excluding hydrogens is 389 g/mol. The maximum atomic E-state index is 14.1. The lowest BCUT2D eigenvalue weighted by molar-refractivity contribution is -0.123. The Morgan fingerprint density at radius 1 is 1.17 bits per heavy atom. The molecule has 4 N–H and O–H groups in total. The quantitative estimate of drug-likeness (QED) is 0.531. The van der Waals surface area contributed by atoms with Crippen molar-refractivity contribution in [1.29, 1.82) is 0 Å². The Kier molecular flexibility index (Phi) is 5.01. The number of carbonyl (C=O) groups excluding carboxylic acids is 2. The molecule has 0 bridgehead atoms. The van der Waals surface area contributed by atoms with Gasteiger partial charge in [-0.05, 0) is 36.8 Å². The van der Waals surface area contributed by atoms with Crippen molar-refractivity contribution in [3.05, 3.63) is 75.8 Å². The number of halogens is 1. The highest BCUT2D eigenvalue weighted by atomic mass is 19.1. The molecule has 0 spiro atoms. The SMILES string of the molecule is Cc1ccc(NC(=O)[C@H]2CC(=O)Nc3nc(Nc4ccccc4)[nH]c(=O)c32)c(F)c1. The second-order valence-corrected chi connectivity index (χ2v) is 6.95. The van der Waals surface area contributed by atoms with Crippen molar-refractivity contribution >= 4 is 35.0 Å². The Labute approximate surface area is 170 Å². The van der Waals surface area contributed by atoms with Crippen LogP contribution < -0.4 is 21.5 Å². The van der Waals surface area contributed by atoms with Crippen LogP contribution in [0.15, 0.2) is 53.3 Å². The summed E-state index contributed by atoms with van der Waals surface area (Å²) in [5.41, 5.74) is 0.824. The molecule has 1 aliphatic rings. The first-order valence-corrected chi connectivity index (χ1v) is 9.24. The van der Waals surface area contributed by atoms with E-state index in [-0.39, 0.29) is 29.4 Å². The minimum atomic E-state index is -1.10. The molecule has 1 aromatic heterocycles. The standard InChI is InChI=1S/C21H18FN5O3/c1-11-7-8-15(14(22)9-11)24-19(29)13-10-16(28)25-18-17(13)20(30)27-21(26-18)23-12-5-3-2-4-6-12/h2-9,13H,10H2,1H3,(H,24,29)(H3,23,25,26,27,28,30)/t13-/m0/s1. The van der Waals surface area contributed by atoms with Gasteiger partial charge in [-0.25, -0.2) is 4.39 Å². The van der Waals surface area contributed by atoms with E-state index in [0.717, 1.165) is 0 Å². The van der Waals surface area contributed by atoms with Crippen LogP contribution in [0.4, 0.5) is 27.5 Å². The Morgan fingerprint density at radius 2 is 1.93 bits per heavy atom. The zero-order valence-electron chi connectivity index (χ0n) is 16.0. The second-order valence-electron chi connectivity index (χ2n) is 6.95. The predicted molar refractivity (Wildman–Crippen MR) is 110 cm³/mol. The molecule has 2 amide bonds. The first-order chi connectivity index (χ1) is 14.4. The molecule has 1 aliphatic heterocycles. The van der Waals surface area contributed by atoms with Crippen LogP contribution in [-0.4, -0.2) is 21.8 Å². The first-order valence-electron chi connectivity index (χ1n) is 9.24. The highest BCUT2D eigenvalue weighted by Gasteiger charge is 2.35. The van der Waals surface area contributed by atoms with Gasteiger partial charge in [-0.1, -0.05) is 24.3 Å². The van der Waals surface area contributed by atoms with Crippen LogP contribution >= 0.6 is 0 Å². The number of hydrogen-bond acceptors (Lipinski definition) is 5. The van der Waals surface area contributed by atoms with Gasteiger partial charge in [0, 0.05) is 12.1 Å². The number of anilines is 4. The molecule has 0 fully saturated rings. The number of H-pyrrole nitrogens is 1. The number of rotatable bonds is 4. The summed E-state index contributed by atoms with van der Waals surface area (Å²) in [5.74, 6) is -2.70. The zero-order chi connectivity index (χ0) is 21.3. The molecule has 0 saturated heterocycles. The lowest BCUT2D eigenvalue weighted by atomic mass is 9.92. The Morgan fingerprint density at radius 3 is 2.67 bits per heavy atom. The van der Waals surface area contributed by atoms with Crippen molar-refractivity contribution in [2.75, 3.05) is 16.0 Å². The third kappa shape index (κ3) is 3.90. The molecule has 30 heavy (non-hydrogen) atoms. The zero-order valence-corrected chi connectivity index (χ0v) is 16.0. The van der Waals surface area contributed by atoms with Crippen LogP contribution in [0.3, 0.4) is 0 Å². The molecule has 0 unspecified atom stereocenters. The van der Waals surface area contributed by atoms with Crippen molar-refractivity contribution in [3.63, 3.8) is 0 Å². The molecule has 9 heteroatoms. The molecule has 1 atom stereocenters. The summed E-state index contributed by atoms with van der Waals surface area (Å²) in [4.78, 5) is 44.5. The molecule has 2 heterocycles. The van der Waals surface area contributed by atoms with E-state index in [4.69, 9.17) is 0 Å². The van der Waals surface area contributed by atoms with E-state index in [9.17, 15) is 18.8 Å². The van der Waals surface area contributed by atoms with Gasteiger partial charge in [-0.3, -0.25) is 19.4 Å². The minimum absolute atomic E-state index is 0.00189. The van der Waals surface area contributed by atoms with Crippen molar-refractivity contribution in [3.8, 4) is 0 Å². The molecule has 152 valence electrons. The van der Waals surface area contributed by atoms with Gasteiger partial charge in [0.2, 0.25) is 17.8 Å². The molecule has 8 nitrogen and oxygen atoms in total. The monoisotopic (exact) mass is 407 g/mol. The van der Waals surface area contributed by atoms with Gasteiger partial charge in [-0.15, -0.1) is 0 Å². The normalized spacial score (nSPS) is 15.1. The van der Waals surface area contributed by atoms with E-state index in [1.54, 1.807) is 25.1 Å². The van der Waals surface area contributed by atoms with Crippen molar-refractivity contribution in [1.82, 2.24) is 9.97 Å². The number of hydrogen-bond donors (Lipinski definition) is 4. The summed E-state index contributed by atoms with van der Waals surface area (Å²) in [6.07, 6.45) is -0.247. The van der Waals surface area contributed by atoms with Gasteiger partial charge in [-0.2, -0.15) is 4.98 Å². The van der Waals surface area contributed by atoms with Crippen molar-refractivity contribution < 1.29 is 14.0 Å². The van der Waals surface area contributed by atoms with Gasteiger partial charge in [0.05, 0.1) is 17.2 Å². The Hall–Kier alpha value is -4.01. The fourth-order valence-electron chi connectivity index (χ4n) is 3.25. The van der Waals surface area contributed by atoms with Gasteiger partial charge < -0.3 is 16.0 Å². The molecule has 0 aliphatic carbocycles. The number of aromatic amines is 1. The summed E-state index contributed by atoms with van der Waals surface area (Å²) in [6, 6.07) is 13.4. The average molecular weight is 407 g/mol. The Bertz CT molecular complexity index is 1190. The number of amides is 2. The summed E-state index contributed by atoms with van der Waals surface area (Å²) in [6.45, 7) is 1.72. The highest BCUT2D eigenvalue weighted by Crippen LogP contribution is 2.30. The van der Waals surface area contributed by atoms with E-state index in [0.29, 0.717) is 11.3 Å². The molecule has 0 saturated carbocycles. The number of fused-ring (bicyclic) bond motifs is 1. The number of aromatic nitrogens is 2. The molecule has 2 aromatic carbocycles. The van der Waals surface area contributed by atoms with E-state index in [1.807, 2.05) is 18.2 Å². The van der Waals surface area contributed by atoms with E-state index < -0.39 is 29.1 Å². The number of para-hydroxylation sites is 1. The topological polar surface area (TPSA) is 116 Å². The van der Waals surface area contributed by atoms with Gasteiger partial charge >= 0.3 is 0 Å². The predicted octanol–water partition coefficient (Wildman–Crippen LogP) is 3.03. The summed E-state index contributed by atoms with van der Waals surface area (Å²) in [5, 5.41) is 7.93. The van der Waals surface area contributed by atoms with Crippen LogP contribution in [0.5, 0.6) is 0 Å². The van der Waals surface area contributed by atoms with Gasteiger partial charge in [0.1, 0.15) is 11.6 Å². The largest absolute Gasteiger partial charge is 0.326 e. The smallest absolute Gasteiger partial charge is 0.258 e. The van der Waals surface area contributed by atoms with Crippen molar-refractivity contribution in [2.24, 2.45) is 0 Å². The number of carbonyl (C=O) groups is 2. The molecule has 0 radical (unpaired) electrons. The van der Waals surface area contributed by atoms with Crippen LogP contribution in [0, 0.1) is 12.7 Å². The van der Waals surface area contributed by atoms with E-state index in [1.165, 1.54) is 12.1 Å². The lowest BCUT2D eigenvalue weighted by Crippen LogP contribution is -2.36. The molecular formula is C21H18FN5O3. The van der Waals surface area contributed by atoms with E-state index >= 15 is 0 Å². The maximum Gasteiger partial charge on any atom is 0.258 e. The van der Waals surface area contributed by atoms with Crippen LogP contribution in [0.2, 0.25) is 0 Å². The van der Waals surface area contributed by atoms with Crippen LogP contribution in [-0.2, 0) is 9.59 Å². The first kappa shape index (κ1) is 19.3. The number of nitrogens with one attached hydrogen (secondary N) is 4. The van der Waals surface area contributed by atoms with Gasteiger partial charge in [0.15, 0.2) is 0 Å².